The number of carboxylic acid groups (broad SMARTS) is 1. The molecule has 86 valence electrons. The van der Waals surface area contributed by atoms with Gasteiger partial charge >= 0.3 is 5.97 Å². The summed E-state index contributed by atoms with van der Waals surface area (Å²) in [6, 6.07) is 6.89. The summed E-state index contributed by atoms with van der Waals surface area (Å²) in [6.45, 7) is 2.04. The lowest BCUT2D eigenvalue weighted by Crippen LogP contribution is -1.93. The molecule has 0 fully saturated rings. The first-order valence-corrected chi connectivity index (χ1v) is 5.33. The molecule has 3 heteroatoms. The predicted octanol–water partition coefficient (Wildman–Crippen LogP) is 3.05. The Morgan fingerprint density at radius 3 is 2.75 bits per heavy atom. The highest BCUT2D eigenvalue weighted by molar-refractivity contribution is 5.74. The Hall–Kier alpha value is -1.77. The molecule has 0 heterocycles. The van der Waals surface area contributed by atoms with Crippen molar-refractivity contribution in [2.45, 2.75) is 26.2 Å². The molecule has 1 aromatic carbocycles. The number of phenolic OH excluding ortho intramolecular Hbond substituents is 1. The Morgan fingerprint density at radius 1 is 1.44 bits per heavy atom. The van der Waals surface area contributed by atoms with E-state index in [-0.39, 0.29) is 12.2 Å². The normalized spacial score (nSPS) is 11.4. The monoisotopic (exact) mass is 220 g/mol. The minimum Gasteiger partial charge on any atom is -0.508 e. The van der Waals surface area contributed by atoms with Crippen LogP contribution in [0.25, 0.3) is 5.57 Å². The summed E-state index contributed by atoms with van der Waals surface area (Å²) in [5, 5.41) is 18.0. The van der Waals surface area contributed by atoms with Gasteiger partial charge in [0.15, 0.2) is 0 Å². The standard InChI is InChI=1S/C13H16O3/c1-2-4-10(7-8-13(15)16)11-5-3-6-12(14)9-11/h3,5-7,9,14H,2,4,8H2,1H3,(H,15,16)/b10-7+. The number of carboxylic acids is 1. The van der Waals surface area contributed by atoms with E-state index in [1.54, 1.807) is 24.3 Å². The number of benzene rings is 1. The Labute approximate surface area is 95.0 Å². The second-order valence-electron chi connectivity index (χ2n) is 3.63. The van der Waals surface area contributed by atoms with Crippen LogP contribution < -0.4 is 0 Å². The van der Waals surface area contributed by atoms with Crippen molar-refractivity contribution < 1.29 is 15.0 Å². The summed E-state index contributed by atoms with van der Waals surface area (Å²) in [5.41, 5.74) is 1.86. The largest absolute Gasteiger partial charge is 0.508 e. The van der Waals surface area contributed by atoms with Gasteiger partial charge in [0.25, 0.3) is 0 Å². The number of hydrogen-bond donors (Lipinski definition) is 2. The quantitative estimate of drug-likeness (QED) is 0.801. The zero-order chi connectivity index (χ0) is 12.0. The molecule has 0 saturated heterocycles. The van der Waals surface area contributed by atoms with Gasteiger partial charge in [-0.05, 0) is 29.7 Å². The molecule has 0 aliphatic carbocycles. The molecule has 0 aromatic heterocycles. The van der Waals surface area contributed by atoms with Crippen molar-refractivity contribution in [1.29, 1.82) is 0 Å². The van der Waals surface area contributed by atoms with Crippen LogP contribution in [-0.4, -0.2) is 16.2 Å². The van der Waals surface area contributed by atoms with Crippen molar-refractivity contribution in [3.8, 4) is 5.75 Å². The van der Waals surface area contributed by atoms with Crippen LogP contribution in [0.5, 0.6) is 5.75 Å². The maximum atomic E-state index is 10.5. The summed E-state index contributed by atoms with van der Waals surface area (Å²) in [7, 11) is 0. The van der Waals surface area contributed by atoms with Crippen LogP contribution in [0.2, 0.25) is 0 Å². The summed E-state index contributed by atoms with van der Waals surface area (Å²) < 4.78 is 0. The van der Waals surface area contributed by atoms with Crippen LogP contribution in [-0.2, 0) is 4.79 Å². The van der Waals surface area contributed by atoms with E-state index in [2.05, 4.69) is 0 Å². The molecule has 0 saturated carbocycles. The van der Waals surface area contributed by atoms with Crippen molar-refractivity contribution in [1.82, 2.24) is 0 Å². The molecule has 0 amide bonds. The molecule has 0 spiro atoms. The Balaban J connectivity index is 2.92. The van der Waals surface area contributed by atoms with Crippen molar-refractivity contribution in [3.05, 3.63) is 35.9 Å². The number of rotatable bonds is 5. The fraction of sp³-hybridized carbons (Fsp3) is 0.308. The van der Waals surface area contributed by atoms with E-state index in [0.29, 0.717) is 0 Å². The first kappa shape index (κ1) is 12.3. The van der Waals surface area contributed by atoms with Gasteiger partial charge in [-0.1, -0.05) is 31.6 Å². The van der Waals surface area contributed by atoms with Gasteiger partial charge in [-0.2, -0.15) is 0 Å². The summed E-state index contributed by atoms with van der Waals surface area (Å²) in [4.78, 5) is 10.5. The van der Waals surface area contributed by atoms with Gasteiger partial charge in [0.1, 0.15) is 5.75 Å². The number of carbonyl (C=O) groups is 1. The molecular formula is C13H16O3. The number of aliphatic carboxylic acids is 1. The van der Waals surface area contributed by atoms with Gasteiger partial charge < -0.3 is 10.2 Å². The third-order valence-electron chi connectivity index (χ3n) is 2.26. The molecular weight excluding hydrogens is 204 g/mol. The van der Waals surface area contributed by atoms with E-state index in [1.807, 2.05) is 13.0 Å². The summed E-state index contributed by atoms with van der Waals surface area (Å²) in [6.07, 6.45) is 3.49. The second kappa shape index (κ2) is 5.95. The van der Waals surface area contributed by atoms with E-state index in [0.717, 1.165) is 24.0 Å². The van der Waals surface area contributed by atoms with Gasteiger partial charge in [-0.15, -0.1) is 0 Å². The number of hydrogen-bond acceptors (Lipinski definition) is 2. The highest BCUT2D eigenvalue weighted by Gasteiger charge is 2.03. The lowest BCUT2D eigenvalue weighted by Gasteiger charge is -2.06. The molecule has 0 aliphatic rings. The third-order valence-corrected chi connectivity index (χ3v) is 2.26. The van der Waals surface area contributed by atoms with Gasteiger partial charge in [0.2, 0.25) is 0 Å². The van der Waals surface area contributed by atoms with Crippen LogP contribution in [0.1, 0.15) is 31.7 Å². The number of phenols is 1. The topological polar surface area (TPSA) is 57.5 Å². The highest BCUT2D eigenvalue weighted by Crippen LogP contribution is 2.23. The molecule has 2 N–H and O–H groups in total. The zero-order valence-corrected chi connectivity index (χ0v) is 9.31. The average molecular weight is 220 g/mol. The number of allylic oxidation sites excluding steroid dienone is 1. The predicted molar refractivity (Wildman–Crippen MR) is 63.2 cm³/mol. The first-order chi connectivity index (χ1) is 7.63. The molecule has 0 unspecified atom stereocenters. The molecule has 0 bridgehead atoms. The van der Waals surface area contributed by atoms with E-state index in [4.69, 9.17) is 5.11 Å². The maximum Gasteiger partial charge on any atom is 0.307 e. The van der Waals surface area contributed by atoms with E-state index in [1.165, 1.54) is 0 Å². The van der Waals surface area contributed by atoms with Gasteiger partial charge in [-0.3, -0.25) is 4.79 Å². The Morgan fingerprint density at radius 2 is 2.19 bits per heavy atom. The number of aromatic hydroxyl groups is 1. The van der Waals surface area contributed by atoms with Crippen LogP contribution in [0, 0.1) is 0 Å². The van der Waals surface area contributed by atoms with Crippen LogP contribution in [0.4, 0.5) is 0 Å². The molecule has 1 aromatic rings. The Bertz CT molecular complexity index is 394. The second-order valence-corrected chi connectivity index (χ2v) is 3.63. The fourth-order valence-electron chi connectivity index (χ4n) is 1.55. The smallest absolute Gasteiger partial charge is 0.307 e. The minimum atomic E-state index is -0.839. The third kappa shape index (κ3) is 3.77. The van der Waals surface area contributed by atoms with Crippen molar-refractivity contribution in [2.24, 2.45) is 0 Å². The molecule has 0 aliphatic heterocycles. The Kier molecular flexibility index (Phi) is 4.58. The van der Waals surface area contributed by atoms with E-state index in [9.17, 15) is 9.90 Å². The molecule has 1 rings (SSSR count). The van der Waals surface area contributed by atoms with Gasteiger partial charge in [0.05, 0.1) is 6.42 Å². The van der Waals surface area contributed by atoms with Crippen molar-refractivity contribution >= 4 is 11.5 Å². The lowest BCUT2D eigenvalue weighted by molar-refractivity contribution is -0.135. The molecule has 16 heavy (non-hydrogen) atoms. The van der Waals surface area contributed by atoms with Crippen LogP contribution in [0.15, 0.2) is 30.3 Å². The van der Waals surface area contributed by atoms with Crippen molar-refractivity contribution in [2.75, 3.05) is 0 Å². The van der Waals surface area contributed by atoms with Crippen LogP contribution >= 0.6 is 0 Å². The molecule has 0 radical (unpaired) electrons. The molecule has 3 nitrogen and oxygen atoms in total. The zero-order valence-electron chi connectivity index (χ0n) is 9.31. The maximum absolute atomic E-state index is 10.5. The summed E-state index contributed by atoms with van der Waals surface area (Å²) >= 11 is 0. The van der Waals surface area contributed by atoms with E-state index < -0.39 is 5.97 Å². The summed E-state index contributed by atoms with van der Waals surface area (Å²) in [5.74, 6) is -0.636. The minimum absolute atomic E-state index is 0.0188. The first-order valence-electron chi connectivity index (χ1n) is 5.33. The van der Waals surface area contributed by atoms with Gasteiger partial charge in [-0.25, -0.2) is 0 Å². The fourth-order valence-corrected chi connectivity index (χ4v) is 1.55. The van der Waals surface area contributed by atoms with E-state index >= 15 is 0 Å². The SMILES string of the molecule is CCC/C(=C\CC(=O)O)c1cccc(O)c1. The molecule has 0 atom stereocenters. The van der Waals surface area contributed by atoms with Crippen molar-refractivity contribution in [3.63, 3.8) is 0 Å². The highest BCUT2D eigenvalue weighted by atomic mass is 16.4. The van der Waals surface area contributed by atoms with Crippen LogP contribution in [0.3, 0.4) is 0 Å². The average Bonchev–Trinajstić information content (AvgIpc) is 2.24. The lowest BCUT2D eigenvalue weighted by atomic mass is 10.00. The van der Waals surface area contributed by atoms with Gasteiger partial charge in [0, 0.05) is 0 Å².